The van der Waals surface area contributed by atoms with Crippen molar-refractivity contribution >= 4 is 15.9 Å². The van der Waals surface area contributed by atoms with Gasteiger partial charge in [-0.25, -0.2) is 13.2 Å². The SMILES string of the molecule is O=C1CN(S(=O)(=O)c2c[nH]c(=O)[nH]c2=O)CCN1. The molecular weight excluding hydrogens is 264 g/mol. The maximum atomic E-state index is 12.1. The van der Waals surface area contributed by atoms with Crippen molar-refractivity contribution in [2.75, 3.05) is 19.6 Å². The van der Waals surface area contributed by atoms with Crippen molar-refractivity contribution in [2.24, 2.45) is 0 Å². The predicted molar refractivity (Wildman–Crippen MR) is 59.5 cm³/mol. The van der Waals surface area contributed by atoms with Crippen LogP contribution in [0.3, 0.4) is 0 Å². The Hall–Kier alpha value is -1.94. The van der Waals surface area contributed by atoms with Crippen molar-refractivity contribution in [3.8, 4) is 0 Å². The number of carbonyl (C=O) groups is 1. The highest BCUT2D eigenvalue weighted by molar-refractivity contribution is 7.89. The smallest absolute Gasteiger partial charge is 0.325 e. The molecule has 0 aliphatic carbocycles. The quantitative estimate of drug-likeness (QED) is 0.535. The highest BCUT2D eigenvalue weighted by atomic mass is 32.2. The molecule has 98 valence electrons. The first-order chi connectivity index (χ1) is 8.41. The summed E-state index contributed by atoms with van der Waals surface area (Å²) in [6.45, 7) is -0.0904. The molecule has 1 aliphatic heterocycles. The number of hydrogen-bond acceptors (Lipinski definition) is 5. The lowest BCUT2D eigenvalue weighted by atomic mass is 10.4. The molecule has 0 atom stereocenters. The largest absolute Gasteiger partial charge is 0.354 e. The van der Waals surface area contributed by atoms with Crippen LogP contribution in [0.4, 0.5) is 0 Å². The van der Waals surface area contributed by atoms with Gasteiger partial charge in [0.25, 0.3) is 15.6 Å². The molecule has 0 saturated carbocycles. The highest BCUT2D eigenvalue weighted by Crippen LogP contribution is 2.10. The molecule has 0 bridgehead atoms. The van der Waals surface area contributed by atoms with E-state index in [2.05, 4.69) is 10.3 Å². The third-order valence-electron chi connectivity index (χ3n) is 2.41. The average Bonchev–Trinajstić information content (AvgIpc) is 2.28. The minimum atomic E-state index is -4.08. The van der Waals surface area contributed by atoms with E-state index < -0.39 is 32.1 Å². The number of hydrogen-bond donors (Lipinski definition) is 3. The van der Waals surface area contributed by atoms with Gasteiger partial charge in [-0.15, -0.1) is 0 Å². The molecule has 0 spiro atoms. The number of amides is 1. The van der Waals surface area contributed by atoms with Crippen LogP contribution in [0, 0.1) is 0 Å². The van der Waals surface area contributed by atoms with E-state index in [0.29, 0.717) is 0 Å². The standard InChI is InChI=1S/C8H10N4O5S/c13-6-4-12(2-1-9-6)18(16,17)5-3-10-8(15)11-7(5)14/h3H,1-2,4H2,(H,9,13)(H2,10,11,14,15). The van der Waals surface area contributed by atoms with Gasteiger partial charge >= 0.3 is 5.69 Å². The van der Waals surface area contributed by atoms with Crippen molar-refractivity contribution in [1.82, 2.24) is 19.6 Å². The van der Waals surface area contributed by atoms with Crippen LogP contribution in [0.15, 0.2) is 20.7 Å². The Balaban J connectivity index is 2.45. The molecule has 1 saturated heterocycles. The summed E-state index contributed by atoms with van der Waals surface area (Å²) in [7, 11) is -4.08. The molecule has 9 nitrogen and oxygen atoms in total. The van der Waals surface area contributed by atoms with E-state index in [0.717, 1.165) is 10.5 Å². The first-order valence-corrected chi connectivity index (χ1v) is 6.44. The second-order valence-electron chi connectivity index (χ2n) is 3.62. The summed E-state index contributed by atoms with van der Waals surface area (Å²) >= 11 is 0. The summed E-state index contributed by atoms with van der Waals surface area (Å²) < 4.78 is 25.0. The Bertz CT molecular complexity index is 688. The summed E-state index contributed by atoms with van der Waals surface area (Å²) in [4.78, 5) is 36.7. The van der Waals surface area contributed by atoms with Gasteiger partial charge in [0.2, 0.25) is 5.91 Å². The van der Waals surface area contributed by atoms with Crippen LogP contribution >= 0.6 is 0 Å². The lowest BCUT2D eigenvalue weighted by molar-refractivity contribution is -0.122. The number of nitrogens with one attached hydrogen (secondary N) is 3. The number of carbonyl (C=O) groups excluding carboxylic acids is 1. The Morgan fingerprint density at radius 2 is 1.94 bits per heavy atom. The predicted octanol–water partition coefficient (Wildman–Crippen LogP) is -2.82. The van der Waals surface area contributed by atoms with Crippen LogP contribution in [0.1, 0.15) is 0 Å². The van der Waals surface area contributed by atoms with E-state index >= 15 is 0 Å². The van der Waals surface area contributed by atoms with Crippen LogP contribution in [-0.4, -0.2) is 48.2 Å². The van der Waals surface area contributed by atoms with E-state index in [1.807, 2.05) is 4.98 Å². The first-order valence-electron chi connectivity index (χ1n) is 5.00. The van der Waals surface area contributed by atoms with Gasteiger partial charge in [-0.2, -0.15) is 4.31 Å². The number of aromatic amines is 2. The van der Waals surface area contributed by atoms with E-state index in [9.17, 15) is 22.8 Å². The van der Waals surface area contributed by atoms with Gasteiger partial charge in [0.1, 0.15) is 0 Å². The molecular formula is C8H10N4O5S. The topological polar surface area (TPSA) is 132 Å². The fourth-order valence-corrected chi connectivity index (χ4v) is 2.94. The van der Waals surface area contributed by atoms with Crippen molar-refractivity contribution in [1.29, 1.82) is 0 Å². The second kappa shape index (κ2) is 4.38. The van der Waals surface area contributed by atoms with Crippen LogP contribution in [0.5, 0.6) is 0 Å². The van der Waals surface area contributed by atoms with Crippen molar-refractivity contribution < 1.29 is 13.2 Å². The molecule has 0 unspecified atom stereocenters. The maximum Gasteiger partial charge on any atom is 0.325 e. The minimum Gasteiger partial charge on any atom is -0.354 e. The molecule has 2 heterocycles. The second-order valence-corrected chi connectivity index (χ2v) is 5.53. The van der Waals surface area contributed by atoms with Gasteiger partial charge in [0.05, 0.1) is 6.54 Å². The summed E-state index contributed by atoms with van der Waals surface area (Å²) in [5.74, 6) is -0.439. The number of nitrogens with zero attached hydrogens (tertiary/aromatic N) is 1. The molecule has 10 heteroatoms. The van der Waals surface area contributed by atoms with Gasteiger partial charge < -0.3 is 10.3 Å². The van der Waals surface area contributed by atoms with Gasteiger partial charge in [-0.3, -0.25) is 14.6 Å². The zero-order chi connectivity index (χ0) is 13.3. The Morgan fingerprint density at radius 3 is 2.56 bits per heavy atom. The zero-order valence-electron chi connectivity index (χ0n) is 9.10. The first kappa shape index (κ1) is 12.5. The van der Waals surface area contributed by atoms with Gasteiger partial charge in [-0.1, -0.05) is 0 Å². The molecule has 1 fully saturated rings. The van der Waals surface area contributed by atoms with Crippen LogP contribution in [0.25, 0.3) is 0 Å². The molecule has 1 aromatic rings. The van der Waals surface area contributed by atoms with Gasteiger partial charge in [0, 0.05) is 19.3 Å². The number of piperazine rings is 1. The minimum absolute atomic E-state index is 0.0760. The van der Waals surface area contributed by atoms with Gasteiger partial charge in [0.15, 0.2) is 4.90 Å². The Kier molecular flexibility index (Phi) is 3.05. The fraction of sp³-hybridized carbons (Fsp3) is 0.375. The number of rotatable bonds is 2. The lowest BCUT2D eigenvalue weighted by Gasteiger charge is -2.25. The van der Waals surface area contributed by atoms with Crippen molar-refractivity contribution in [3.05, 3.63) is 27.0 Å². The lowest BCUT2D eigenvalue weighted by Crippen LogP contribution is -2.50. The van der Waals surface area contributed by atoms with Crippen molar-refractivity contribution in [3.63, 3.8) is 0 Å². The van der Waals surface area contributed by atoms with E-state index in [1.165, 1.54) is 0 Å². The monoisotopic (exact) mass is 274 g/mol. The molecule has 18 heavy (non-hydrogen) atoms. The summed E-state index contributed by atoms with van der Waals surface area (Å²) in [5, 5.41) is 2.47. The van der Waals surface area contributed by atoms with E-state index in [1.54, 1.807) is 0 Å². The number of sulfonamides is 1. The van der Waals surface area contributed by atoms with Crippen LogP contribution < -0.4 is 16.6 Å². The average molecular weight is 274 g/mol. The Morgan fingerprint density at radius 1 is 1.22 bits per heavy atom. The summed E-state index contributed by atoms with van der Waals surface area (Å²) in [5.41, 5.74) is -1.81. The third-order valence-corrected chi connectivity index (χ3v) is 4.26. The zero-order valence-corrected chi connectivity index (χ0v) is 9.91. The maximum absolute atomic E-state index is 12.1. The summed E-state index contributed by atoms with van der Waals surface area (Å²) in [6.07, 6.45) is 0.822. The van der Waals surface area contributed by atoms with Crippen LogP contribution in [0.2, 0.25) is 0 Å². The normalized spacial score (nSPS) is 17.4. The van der Waals surface area contributed by atoms with E-state index in [4.69, 9.17) is 0 Å². The number of H-pyrrole nitrogens is 2. The van der Waals surface area contributed by atoms with Crippen molar-refractivity contribution in [2.45, 2.75) is 4.90 Å². The molecule has 2 rings (SSSR count). The molecule has 0 aromatic carbocycles. The Labute approximate surface area is 101 Å². The molecule has 1 aromatic heterocycles. The molecule has 1 aliphatic rings. The van der Waals surface area contributed by atoms with E-state index in [-0.39, 0.29) is 19.6 Å². The summed E-state index contributed by atoms with van der Waals surface area (Å²) in [6, 6.07) is 0. The molecule has 0 radical (unpaired) electrons. The molecule has 1 amide bonds. The van der Waals surface area contributed by atoms with Gasteiger partial charge in [-0.05, 0) is 0 Å². The number of aromatic nitrogens is 2. The highest BCUT2D eigenvalue weighted by Gasteiger charge is 2.31. The molecule has 3 N–H and O–H groups in total. The third kappa shape index (κ3) is 2.19. The van der Waals surface area contributed by atoms with Crippen LogP contribution in [-0.2, 0) is 14.8 Å². The fourth-order valence-electron chi connectivity index (χ4n) is 1.55.